The molecule has 0 aliphatic rings. The number of carbonyl (C=O) groups is 2. The van der Waals surface area contributed by atoms with Gasteiger partial charge in [0.25, 0.3) is 0 Å². The molecule has 0 aliphatic heterocycles. The van der Waals surface area contributed by atoms with Crippen molar-refractivity contribution in [3.8, 4) is 6.07 Å². The highest BCUT2D eigenvalue weighted by Crippen LogP contribution is 1.94. The molecule has 0 saturated carbocycles. The van der Waals surface area contributed by atoms with E-state index in [1.54, 1.807) is 6.07 Å². The molecule has 0 spiro atoms. The Kier molecular flexibility index (Phi) is 5.49. The minimum atomic E-state index is -0.816. The van der Waals surface area contributed by atoms with Crippen molar-refractivity contribution >= 4 is 11.9 Å². The highest BCUT2D eigenvalue weighted by molar-refractivity contribution is 5.91. The predicted octanol–water partition coefficient (Wildman–Crippen LogP) is 0.729. The number of ether oxygens (including phenoxy) is 2. The fourth-order valence-corrected chi connectivity index (χ4v) is 0.525. The molecule has 80 valence electrons. The molecule has 0 rings (SSSR count). The molecular weight excluding hydrogens is 198 g/mol. The van der Waals surface area contributed by atoms with Gasteiger partial charge in [0.2, 0.25) is 0 Å². The molecule has 0 fully saturated rings. The van der Waals surface area contributed by atoms with Crippen molar-refractivity contribution in [3.63, 3.8) is 0 Å². The second-order valence-electron chi connectivity index (χ2n) is 2.64. The zero-order valence-corrected chi connectivity index (χ0v) is 8.41. The van der Waals surface area contributed by atoms with E-state index in [0.29, 0.717) is 0 Å². The van der Waals surface area contributed by atoms with Gasteiger partial charge in [0.15, 0.2) is 0 Å². The second-order valence-corrected chi connectivity index (χ2v) is 2.64. The molecule has 0 atom stereocenters. The maximum Gasteiger partial charge on any atom is 0.348 e. The lowest BCUT2D eigenvalue weighted by molar-refractivity contribution is -0.147. The van der Waals surface area contributed by atoms with Crippen LogP contribution in [0.4, 0.5) is 0 Å². The topological polar surface area (TPSA) is 76.4 Å². The Balaban J connectivity index is 3.69. The predicted molar refractivity (Wildman–Crippen MR) is 51.5 cm³/mol. The Labute approximate surface area is 87.6 Å². The van der Waals surface area contributed by atoms with E-state index >= 15 is 0 Å². The van der Waals surface area contributed by atoms with Gasteiger partial charge in [-0.25, -0.2) is 9.59 Å². The molecule has 0 aliphatic carbocycles. The van der Waals surface area contributed by atoms with Crippen LogP contribution in [0.3, 0.4) is 0 Å². The first-order valence-electron chi connectivity index (χ1n) is 4.07. The van der Waals surface area contributed by atoms with Gasteiger partial charge in [-0.05, 0) is 6.92 Å². The van der Waals surface area contributed by atoms with Gasteiger partial charge in [-0.15, -0.1) is 0 Å². The second kappa shape index (κ2) is 6.38. The Morgan fingerprint density at radius 2 is 1.67 bits per heavy atom. The summed E-state index contributed by atoms with van der Waals surface area (Å²) in [4.78, 5) is 21.7. The Bertz CT molecular complexity index is 338. The van der Waals surface area contributed by atoms with Crippen LogP contribution in [0.15, 0.2) is 24.3 Å². The van der Waals surface area contributed by atoms with E-state index in [1.807, 2.05) is 0 Å². The van der Waals surface area contributed by atoms with Crippen LogP contribution in [-0.4, -0.2) is 25.2 Å². The number of carbonyl (C=O) groups excluding carboxylic acids is 2. The first-order chi connectivity index (χ1) is 6.99. The summed E-state index contributed by atoms with van der Waals surface area (Å²) in [6, 6.07) is 1.54. The van der Waals surface area contributed by atoms with Crippen molar-refractivity contribution < 1.29 is 19.1 Å². The molecule has 0 aromatic rings. The van der Waals surface area contributed by atoms with E-state index in [4.69, 9.17) is 5.26 Å². The maximum absolute atomic E-state index is 10.9. The number of esters is 2. The van der Waals surface area contributed by atoms with Crippen LogP contribution in [0.25, 0.3) is 0 Å². The van der Waals surface area contributed by atoms with E-state index in [0.717, 1.165) is 0 Å². The van der Waals surface area contributed by atoms with Crippen molar-refractivity contribution in [1.82, 2.24) is 0 Å². The standard InChI is InChI=1S/C10H11NO4/c1-7(2)9(12)14-4-5-15-10(13)8(3)6-11/h1,3-5H2,2H3. The zero-order chi connectivity index (χ0) is 11.8. The van der Waals surface area contributed by atoms with Crippen molar-refractivity contribution in [2.24, 2.45) is 0 Å². The SMILES string of the molecule is C=C(C)C(=O)OCCOC(=O)C(=C)C#N. The molecule has 0 aromatic carbocycles. The first kappa shape index (κ1) is 12.9. The monoisotopic (exact) mass is 209 g/mol. The van der Waals surface area contributed by atoms with Crippen LogP contribution >= 0.6 is 0 Å². The van der Waals surface area contributed by atoms with Gasteiger partial charge in [-0.2, -0.15) is 5.26 Å². The number of hydrogen-bond donors (Lipinski definition) is 0. The van der Waals surface area contributed by atoms with E-state index < -0.39 is 11.9 Å². The third kappa shape index (κ3) is 5.26. The Morgan fingerprint density at radius 3 is 2.07 bits per heavy atom. The summed E-state index contributed by atoms with van der Waals surface area (Å²) >= 11 is 0. The summed E-state index contributed by atoms with van der Waals surface area (Å²) in [7, 11) is 0. The van der Waals surface area contributed by atoms with Crippen molar-refractivity contribution in [2.45, 2.75) is 6.92 Å². The third-order valence-electron chi connectivity index (χ3n) is 1.28. The molecule has 0 bridgehead atoms. The van der Waals surface area contributed by atoms with E-state index in [1.165, 1.54) is 6.92 Å². The first-order valence-corrected chi connectivity index (χ1v) is 4.07. The molecule has 0 heterocycles. The lowest BCUT2D eigenvalue weighted by Gasteiger charge is -2.04. The van der Waals surface area contributed by atoms with Crippen LogP contribution in [0.5, 0.6) is 0 Å². The molecule has 0 radical (unpaired) electrons. The summed E-state index contributed by atoms with van der Waals surface area (Å²) in [6.07, 6.45) is 0. The maximum atomic E-state index is 10.9. The van der Waals surface area contributed by atoms with E-state index in [2.05, 4.69) is 22.6 Å². The molecular formula is C10H11NO4. The van der Waals surface area contributed by atoms with Crippen molar-refractivity contribution in [2.75, 3.05) is 13.2 Å². The summed E-state index contributed by atoms with van der Waals surface area (Å²) in [5.74, 6) is -1.37. The largest absolute Gasteiger partial charge is 0.459 e. The van der Waals surface area contributed by atoms with Crippen molar-refractivity contribution in [1.29, 1.82) is 5.26 Å². The summed E-state index contributed by atoms with van der Waals surface area (Å²) in [5.41, 5.74) is -0.0241. The number of nitriles is 1. The fraction of sp³-hybridized carbons (Fsp3) is 0.300. The molecule has 15 heavy (non-hydrogen) atoms. The third-order valence-corrected chi connectivity index (χ3v) is 1.28. The van der Waals surface area contributed by atoms with Crippen LogP contribution in [0, 0.1) is 11.3 Å². The van der Waals surface area contributed by atoms with Crippen LogP contribution in [0.1, 0.15) is 6.92 Å². The van der Waals surface area contributed by atoms with Crippen LogP contribution in [0.2, 0.25) is 0 Å². The molecule has 0 aromatic heterocycles. The van der Waals surface area contributed by atoms with Gasteiger partial charge in [-0.1, -0.05) is 13.2 Å². The Morgan fingerprint density at radius 1 is 1.20 bits per heavy atom. The smallest absolute Gasteiger partial charge is 0.348 e. The van der Waals surface area contributed by atoms with E-state index in [9.17, 15) is 9.59 Å². The lowest BCUT2D eigenvalue weighted by Crippen LogP contribution is -2.14. The molecule has 0 N–H and O–H groups in total. The van der Waals surface area contributed by atoms with Crippen LogP contribution in [-0.2, 0) is 19.1 Å². The molecule has 0 saturated heterocycles. The van der Waals surface area contributed by atoms with Gasteiger partial charge in [0, 0.05) is 5.57 Å². The van der Waals surface area contributed by atoms with Gasteiger partial charge < -0.3 is 9.47 Å². The van der Waals surface area contributed by atoms with Gasteiger partial charge in [0.05, 0.1) is 0 Å². The summed E-state index contributed by atoms with van der Waals surface area (Å²) in [6.45, 7) is 7.85. The average molecular weight is 209 g/mol. The molecule has 0 amide bonds. The average Bonchev–Trinajstić information content (AvgIpc) is 2.22. The summed E-state index contributed by atoms with van der Waals surface area (Å²) < 4.78 is 9.20. The van der Waals surface area contributed by atoms with Gasteiger partial charge >= 0.3 is 11.9 Å². The van der Waals surface area contributed by atoms with Crippen molar-refractivity contribution in [3.05, 3.63) is 24.3 Å². The quantitative estimate of drug-likeness (QED) is 0.289. The Hall–Kier alpha value is -2.09. The number of nitrogens with zero attached hydrogens (tertiary/aromatic N) is 1. The van der Waals surface area contributed by atoms with E-state index in [-0.39, 0.29) is 24.4 Å². The van der Waals surface area contributed by atoms with Gasteiger partial charge in [0.1, 0.15) is 24.9 Å². The minimum absolute atomic E-state index is 0.0733. The van der Waals surface area contributed by atoms with Gasteiger partial charge in [-0.3, -0.25) is 0 Å². The highest BCUT2D eigenvalue weighted by atomic mass is 16.6. The number of rotatable bonds is 5. The van der Waals surface area contributed by atoms with Crippen LogP contribution < -0.4 is 0 Å². The minimum Gasteiger partial charge on any atom is -0.459 e. The zero-order valence-electron chi connectivity index (χ0n) is 8.41. The lowest BCUT2D eigenvalue weighted by atomic mass is 10.3. The molecule has 5 nitrogen and oxygen atoms in total. The highest BCUT2D eigenvalue weighted by Gasteiger charge is 2.08. The molecule has 5 heteroatoms. The fourth-order valence-electron chi connectivity index (χ4n) is 0.525. The molecule has 0 unspecified atom stereocenters. The summed E-state index contributed by atoms with van der Waals surface area (Å²) in [5, 5.41) is 8.28. The number of hydrogen-bond acceptors (Lipinski definition) is 5. The normalized spacial score (nSPS) is 8.53.